The van der Waals surface area contributed by atoms with Crippen molar-refractivity contribution in [2.75, 3.05) is 13.2 Å². The van der Waals surface area contributed by atoms with Crippen LogP contribution >= 0.6 is 0 Å². The fourth-order valence-corrected chi connectivity index (χ4v) is 3.09. The quantitative estimate of drug-likeness (QED) is 0.629. The van der Waals surface area contributed by atoms with Crippen molar-refractivity contribution < 1.29 is 9.90 Å². The van der Waals surface area contributed by atoms with Gasteiger partial charge in [-0.25, -0.2) is 0 Å². The maximum atomic E-state index is 12.0. The molecular formula is C15H30N2O2. The summed E-state index contributed by atoms with van der Waals surface area (Å²) in [5, 5.41) is 12.2. The summed E-state index contributed by atoms with van der Waals surface area (Å²) in [7, 11) is 0. The minimum Gasteiger partial charge on any atom is -0.396 e. The van der Waals surface area contributed by atoms with Crippen molar-refractivity contribution >= 4 is 5.91 Å². The van der Waals surface area contributed by atoms with Gasteiger partial charge in [0.15, 0.2) is 0 Å². The summed E-state index contributed by atoms with van der Waals surface area (Å²) < 4.78 is 0. The summed E-state index contributed by atoms with van der Waals surface area (Å²) in [5.41, 5.74) is 6.04. The van der Waals surface area contributed by atoms with Crippen LogP contribution in [0.3, 0.4) is 0 Å². The zero-order chi connectivity index (χ0) is 14.3. The predicted octanol–water partition coefficient (Wildman–Crippen LogP) is 1.81. The van der Waals surface area contributed by atoms with E-state index < -0.39 is 0 Å². The molecule has 1 amide bonds. The minimum atomic E-state index is 0.0439. The van der Waals surface area contributed by atoms with Crippen LogP contribution in [0.2, 0.25) is 0 Å². The summed E-state index contributed by atoms with van der Waals surface area (Å²) in [6.45, 7) is 5.10. The lowest BCUT2D eigenvalue weighted by molar-refractivity contribution is -0.122. The molecule has 1 rings (SSSR count). The highest BCUT2D eigenvalue weighted by Gasteiger charge is 2.29. The van der Waals surface area contributed by atoms with Gasteiger partial charge in [0.2, 0.25) is 5.91 Å². The number of carbonyl (C=O) groups is 1. The van der Waals surface area contributed by atoms with Crippen LogP contribution in [-0.4, -0.2) is 30.2 Å². The van der Waals surface area contributed by atoms with Crippen molar-refractivity contribution in [1.29, 1.82) is 0 Å². The van der Waals surface area contributed by atoms with E-state index >= 15 is 0 Å². The van der Waals surface area contributed by atoms with Crippen molar-refractivity contribution in [1.82, 2.24) is 5.32 Å². The average molecular weight is 270 g/mol. The maximum Gasteiger partial charge on any atom is 0.220 e. The van der Waals surface area contributed by atoms with E-state index in [4.69, 9.17) is 10.8 Å². The van der Waals surface area contributed by atoms with E-state index in [1.54, 1.807) is 0 Å². The number of carbonyl (C=O) groups excluding carboxylic acids is 1. The van der Waals surface area contributed by atoms with E-state index in [1.165, 1.54) is 0 Å². The predicted molar refractivity (Wildman–Crippen MR) is 77.7 cm³/mol. The van der Waals surface area contributed by atoms with Gasteiger partial charge >= 0.3 is 0 Å². The van der Waals surface area contributed by atoms with Crippen molar-refractivity contribution in [3.05, 3.63) is 0 Å². The highest BCUT2D eigenvalue weighted by molar-refractivity contribution is 5.76. The fraction of sp³-hybridized carbons (Fsp3) is 0.933. The molecule has 1 fully saturated rings. The van der Waals surface area contributed by atoms with E-state index in [1.807, 2.05) is 0 Å². The van der Waals surface area contributed by atoms with Gasteiger partial charge in [0, 0.05) is 25.6 Å². The smallest absolute Gasteiger partial charge is 0.220 e. The summed E-state index contributed by atoms with van der Waals surface area (Å²) >= 11 is 0. The summed E-state index contributed by atoms with van der Waals surface area (Å²) in [6.07, 6.45) is 6.55. The lowest BCUT2D eigenvalue weighted by Gasteiger charge is -2.31. The summed E-state index contributed by atoms with van der Waals surface area (Å²) in [5.74, 6) is 0.474. The van der Waals surface area contributed by atoms with Crippen LogP contribution in [0, 0.1) is 11.3 Å². The number of hydrogen-bond donors (Lipinski definition) is 3. The Balaban J connectivity index is 2.39. The molecule has 0 aromatic carbocycles. The highest BCUT2D eigenvalue weighted by atomic mass is 16.3. The van der Waals surface area contributed by atoms with Crippen LogP contribution < -0.4 is 11.1 Å². The molecule has 4 N–H and O–H groups in total. The molecule has 0 unspecified atom stereocenters. The molecule has 1 aliphatic rings. The molecule has 0 aromatic heterocycles. The van der Waals surface area contributed by atoms with Gasteiger partial charge in [0.1, 0.15) is 0 Å². The Morgan fingerprint density at radius 3 is 2.53 bits per heavy atom. The number of hydrogen-bond acceptors (Lipinski definition) is 3. The number of rotatable bonds is 8. The Morgan fingerprint density at radius 2 is 2.05 bits per heavy atom. The van der Waals surface area contributed by atoms with Crippen LogP contribution in [-0.2, 0) is 4.79 Å². The Kier molecular flexibility index (Phi) is 6.80. The zero-order valence-corrected chi connectivity index (χ0v) is 12.5. The first-order chi connectivity index (χ1) is 9.06. The molecule has 0 bridgehead atoms. The van der Waals surface area contributed by atoms with Crippen molar-refractivity contribution in [3.8, 4) is 0 Å². The van der Waals surface area contributed by atoms with Gasteiger partial charge < -0.3 is 16.2 Å². The van der Waals surface area contributed by atoms with Crippen LogP contribution in [0.5, 0.6) is 0 Å². The number of amides is 1. The molecule has 0 aromatic rings. The largest absolute Gasteiger partial charge is 0.396 e. The molecule has 112 valence electrons. The fourth-order valence-electron chi connectivity index (χ4n) is 3.09. The highest BCUT2D eigenvalue weighted by Crippen LogP contribution is 2.30. The average Bonchev–Trinajstić information content (AvgIpc) is 2.80. The standard InChI is InChI=1S/C15H30N2O2/c1-3-15(4-2,8-9-18)11-17-14(19)10-12-6-5-7-13(12)16/h12-13,18H,3-11,16H2,1-2H3,(H,17,19)/t12-,13+/m0/s1. The molecule has 0 saturated heterocycles. The second kappa shape index (κ2) is 7.85. The number of aliphatic hydroxyl groups is 1. The molecule has 4 heteroatoms. The Bertz CT molecular complexity index is 277. The molecular weight excluding hydrogens is 240 g/mol. The summed E-state index contributed by atoms with van der Waals surface area (Å²) in [6, 6.07) is 0.199. The lowest BCUT2D eigenvalue weighted by Crippen LogP contribution is -2.39. The Hall–Kier alpha value is -0.610. The van der Waals surface area contributed by atoms with Crippen LogP contribution in [0.1, 0.15) is 58.8 Å². The van der Waals surface area contributed by atoms with Crippen LogP contribution in [0.25, 0.3) is 0 Å². The molecule has 1 saturated carbocycles. The van der Waals surface area contributed by atoms with Crippen molar-refractivity contribution in [2.45, 2.75) is 64.8 Å². The second-order valence-electron chi connectivity index (χ2n) is 6.02. The van der Waals surface area contributed by atoms with Crippen molar-refractivity contribution in [2.24, 2.45) is 17.1 Å². The second-order valence-corrected chi connectivity index (χ2v) is 6.02. The Labute approximate surface area is 117 Å². The third-order valence-electron chi connectivity index (χ3n) is 4.97. The van der Waals surface area contributed by atoms with Gasteiger partial charge in [-0.3, -0.25) is 4.79 Å². The lowest BCUT2D eigenvalue weighted by atomic mass is 9.79. The van der Waals surface area contributed by atoms with Crippen molar-refractivity contribution in [3.63, 3.8) is 0 Å². The van der Waals surface area contributed by atoms with E-state index in [-0.39, 0.29) is 24.0 Å². The van der Waals surface area contributed by atoms with Crippen LogP contribution in [0.4, 0.5) is 0 Å². The first kappa shape index (κ1) is 16.4. The number of nitrogens with two attached hydrogens (primary N) is 1. The minimum absolute atomic E-state index is 0.0439. The molecule has 1 aliphatic carbocycles. The monoisotopic (exact) mass is 270 g/mol. The van der Waals surface area contributed by atoms with Gasteiger partial charge in [-0.05, 0) is 43.4 Å². The molecule has 19 heavy (non-hydrogen) atoms. The van der Waals surface area contributed by atoms with Gasteiger partial charge in [-0.1, -0.05) is 20.3 Å². The molecule has 0 heterocycles. The molecule has 0 aliphatic heterocycles. The molecule has 0 spiro atoms. The third-order valence-corrected chi connectivity index (χ3v) is 4.97. The van der Waals surface area contributed by atoms with E-state index in [0.29, 0.717) is 18.9 Å². The normalized spacial score (nSPS) is 23.6. The van der Waals surface area contributed by atoms with E-state index in [0.717, 1.165) is 38.5 Å². The molecule has 4 nitrogen and oxygen atoms in total. The van der Waals surface area contributed by atoms with E-state index in [2.05, 4.69) is 19.2 Å². The molecule has 0 radical (unpaired) electrons. The number of nitrogens with one attached hydrogen (secondary N) is 1. The van der Waals surface area contributed by atoms with Gasteiger partial charge in [0.05, 0.1) is 0 Å². The Morgan fingerprint density at radius 1 is 1.37 bits per heavy atom. The van der Waals surface area contributed by atoms with Gasteiger partial charge in [-0.15, -0.1) is 0 Å². The van der Waals surface area contributed by atoms with E-state index in [9.17, 15) is 4.79 Å². The zero-order valence-electron chi connectivity index (χ0n) is 12.5. The SMILES string of the molecule is CCC(CC)(CCO)CNC(=O)C[C@@H]1CCC[C@H]1N. The van der Waals surface area contributed by atoms with Gasteiger partial charge in [0.25, 0.3) is 0 Å². The topological polar surface area (TPSA) is 75.3 Å². The first-order valence-corrected chi connectivity index (χ1v) is 7.70. The third kappa shape index (κ3) is 4.77. The maximum absolute atomic E-state index is 12.0. The first-order valence-electron chi connectivity index (χ1n) is 7.70. The number of aliphatic hydroxyl groups excluding tert-OH is 1. The summed E-state index contributed by atoms with van der Waals surface area (Å²) in [4.78, 5) is 12.0. The van der Waals surface area contributed by atoms with Gasteiger partial charge in [-0.2, -0.15) is 0 Å². The van der Waals surface area contributed by atoms with Crippen LogP contribution in [0.15, 0.2) is 0 Å². The molecule has 2 atom stereocenters.